The average molecular weight is 347 g/mol. The number of H-pyrrole nitrogens is 1. The van der Waals surface area contributed by atoms with E-state index >= 15 is 0 Å². The molecule has 2 aromatic carbocycles. The minimum Gasteiger partial charge on any atom is -0.339 e. The monoisotopic (exact) mass is 347 g/mol. The standard InChI is InChI=1S/C20H21N5O/c21-10-3-11-22-12-14-6-8-15(9-7-14)25-13-17-16-4-1-2-5-18(16)23-19(17)24-20(25)26/h1-2,4-9,13,22H,3,10-12,21H2,(H,23,24,26). The van der Waals surface area contributed by atoms with Crippen molar-refractivity contribution in [2.24, 2.45) is 5.73 Å². The largest absolute Gasteiger partial charge is 0.354 e. The summed E-state index contributed by atoms with van der Waals surface area (Å²) in [6.45, 7) is 2.38. The average Bonchev–Trinajstić information content (AvgIpc) is 3.02. The van der Waals surface area contributed by atoms with E-state index in [1.54, 1.807) is 4.57 Å². The molecular weight excluding hydrogens is 326 g/mol. The van der Waals surface area contributed by atoms with Crippen LogP contribution in [0.3, 0.4) is 0 Å². The van der Waals surface area contributed by atoms with Gasteiger partial charge in [-0.05, 0) is 43.3 Å². The molecule has 132 valence electrons. The molecule has 0 saturated carbocycles. The molecule has 0 fully saturated rings. The van der Waals surface area contributed by atoms with E-state index in [1.807, 2.05) is 54.7 Å². The summed E-state index contributed by atoms with van der Waals surface area (Å²) in [5.41, 5.74) is 8.77. The molecule has 2 heterocycles. The van der Waals surface area contributed by atoms with E-state index in [1.165, 1.54) is 5.56 Å². The summed E-state index contributed by atoms with van der Waals surface area (Å²) in [4.78, 5) is 19.9. The highest BCUT2D eigenvalue weighted by Crippen LogP contribution is 2.23. The van der Waals surface area contributed by atoms with Crippen LogP contribution >= 0.6 is 0 Å². The van der Waals surface area contributed by atoms with Crippen LogP contribution in [0.5, 0.6) is 0 Å². The fourth-order valence-electron chi connectivity index (χ4n) is 3.12. The maximum absolute atomic E-state index is 12.4. The van der Waals surface area contributed by atoms with Crippen molar-refractivity contribution >= 4 is 21.9 Å². The zero-order valence-electron chi connectivity index (χ0n) is 14.4. The number of hydrogen-bond donors (Lipinski definition) is 3. The van der Waals surface area contributed by atoms with Crippen molar-refractivity contribution in [3.05, 3.63) is 70.8 Å². The SMILES string of the molecule is NCCCNCc1ccc(-n2cc3c(nc2=O)[nH]c2ccccc23)cc1. The normalized spacial score (nSPS) is 11.4. The zero-order valence-corrected chi connectivity index (χ0v) is 14.4. The molecule has 0 amide bonds. The first-order valence-corrected chi connectivity index (χ1v) is 8.76. The van der Waals surface area contributed by atoms with Crippen LogP contribution in [0.2, 0.25) is 0 Å². The molecule has 0 atom stereocenters. The highest BCUT2D eigenvalue weighted by atomic mass is 16.1. The van der Waals surface area contributed by atoms with Gasteiger partial charge >= 0.3 is 5.69 Å². The molecule has 0 bridgehead atoms. The van der Waals surface area contributed by atoms with Gasteiger partial charge in [0.05, 0.1) is 5.69 Å². The molecule has 0 aliphatic heterocycles. The lowest BCUT2D eigenvalue weighted by Gasteiger charge is -2.08. The van der Waals surface area contributed by atoms with Crippen molar-refractivity contribution in [3.63, 3.8) is 0 Å². The Bertz CT molecular complexity index is 1090. The lowest BCUT2D eigenvalue weighted by atomic mass is 10.2. The molecule has 0 spiro atoms. The van der Waals surface area contributed by atoms with E-state index in [0.717, 1.165) is 41.5 Å². The van der Waals surface area contributed by atoms with Crippen LogP contribution < -0.4 is 16.7 Å². The number of benzene rings is 2. The second kappa shape index (κ2) is 7.11. The summed E-state index contributed by atoms with van der Waals surface area (Å²) in [5.74, 6) is 0. The van der Waals surface area contributed by atoms with Crippen molar-refractivity contribution in [1.82, 2.24) is 19.9 Å². The Morgan fingerprint density at radius 1 is 1.08 bits per heavy atom. The van der Waals surface area contributed by atoms with Crippen molar-refractivity contribution in [2.75, 3.05) is 13.1 Å². The number of aromatic nitrogens is 3. The first kappa shape index (κ1) is 16.5. The fourth-order valence-corrected chi connectivity index (χ4v) is 3.12. The van der Waals surface area contributed by atoms with Gasteiger partial charge in [-0.25, -0.2) is 4.79 Å². The van der Waals surface area contributed by atoms with Crippen LogP contribution in [0.25, 0.3) is 27.6 Å². The fraction of sp³-hybridized carbons (Fsp3) is 0.200. The molecular formula is C20H21N5O. The quantitative estimate of drug-likeness (QED) is 0.467. The van der Waals surface area contributed by atoms with Gasteiger partial charge in [0.2, 0.25) is 0 Å². The van der Waals surface area contributed by atoms with Gasteiger partial charge in [-0.3, -0.25) is 4.57 Å². The van der Waals surface area contributed by atoms with E-state index in [4.69, 9.17) is 5.73 Å². The molecule has 4 rings (SSSR count). The number of para-hydroxylation sites is 1. The maximum atomic E-state index is 12.4. The zero-order chi connectivity index (χ0) is 17.9. The number of nitrogens with one attached hydrogen (secondary N) is 2. The number of fused-ring (bicyclic) bond motifs is 3. The van der Waals surface area contributed by atoms with Crippen LogP contribution in [0.4, 0.5) is 0 Å². The number of aromatic amines is 1. The molecule has 6 heteroatoms. The second-order valence-electron chi connectivity index (χ2n) is 6.31. The molecule has 0 aliphatic carbocycles. The molecule has 4 N–H and O–H groups in total. The Kier molecular flexibility index (Phi) is 4.51. The Balaban J connectivity index is 1.66. The number of nitrogens with two attached hydrogens (primary N) is 1. The number of nitrogens with zero attached hydrogens (tertiary/aromatic N) is 2. The minimum atomic E-state index is -0.294. The number of hydrogen-bond acceptors (Lipinski definition) is 4. The topological polar surface area (TPSA) is 88.7 Å². The van der Waals surface area contributed by atoms with Crippen LogP contribution in [0.15, 0.2) is 59.5 Å². The van der Waals surface area contributed by atoms with E-state index in [2.05, 4.69) is 15.3 Å². The Morgan fingerprint density at radius 2 is 1.88 bits per heavy atom. The highest BCUT2D eigenvalue weighted by molar-refractivity contribution is 6.05. The van der Waals surface area contributed by atoms with Crippen molar-refractivity contribution in [2.45, 2.75) is 13.0 Å². The van der Waals surface area contributed by atoms with Gasteiger partial charge in [0.15, 0.2) is 0 Å². The first-order valence-electron chi connectivity index (χ1n) is 8.76. The molecule has 6 nitrogen and oxygen atoms in total. The first-order chi connectivity index (χ1) is 12.8. The Hall–Kier alpha value is -2.96. The van der Waals surface area contributed by atoms with E-state index < -0.39 is 0 Å². The Labute approximate surface area is 150 Å². The lowest BCUT2D eigenvalue weighted by Crippen LogP contribution is -2.21. The summed E-state index contributed by atoms with van der Waals surface area (Å²) in [5, 5.41) is 5.35. The summed E-state index contributed by atoms with van der Waals surface area (Å²) in [7, 11) is 0. The lowest BCUT2D eigenvalue weighted by molar-refractivity contribution is 0.655. The number of rotatable bonds is 6. The molecule has 26 heavy (non-hydrogen) atoms. The summed E-state index contributed by atoms with van der Waals surface area (Å²) < 4.78 is 1.59. The van der Waals surface area contributed by atoms with Gasteiger partial charge in [-0.2, -0.15) is 4.98 Å². The molecule has 0 radical (unpaired) electrons. The van der Waals surface area contributed by atoms with Gasteiger partial charge in [-0.1, -0.05) is 30.3 Å². The predicted octanol–water partition coefficient (Wildman–Crippen LogP) is 2.31. The highest BCUT2D eigenvalue weighted by Gasteiger charge is 2.09. The molecule has 0 unspecified atom stereocenters. The van der Waals surface area contributed by atoms with Crippen molar-refractivity contribution in [1.29, 1.82) is 0 Å². The van der Waals surface area contributed by atoms with Crippen molar-refractivity contribution in [3.8, 4) is 5.69 Å². The molecule has 4 aromatic rings. The van der Waals surface area contributed by atoms with E-state index in [-0.39, 0.29) is 5.69 Å². The molecule has 0 aliphatic rings. The van der Waals surface area contributed by atoms with E-state index in [0.29, 0.717) is 12.2 Å². The molecule has 0 saturated heterocycles. The minimum absolute atomic E-state index is 0.294. The Morgan fingerprint density at radius 3 is 2.69 bits per heavy atom. The van der Waals surface area contributed by atoms with Crippen molar-refractivity contribution < 1.29 is 0 Å². The van der Waals surface area contributed by atoms with Crippen LogP contribution in [-0.4, -0.2) is 27.6 Å². The van der Waals surface area contributed by atoms with Gasteiger partial charge in [0.1, 0.15) is 5.65 Å². The molecule has 2 aromatic heterocycles. The third kappa shape index (κ3) is 3.12. The third-order valence-corrected chi connectivity index (χ3v) is 4.50. The second-order valence-corrected chi connectivity index (χ2v) is 6.31. The predicted molar refractivity (Wildman–Crippen MR) is 105 cm³/mol. The summed E-state index contributed by atoms with van der Waals surface area (Å²) in [6, 6.07) is 15.9. The van der Waals surface area contributed by atoms with Gasteiger partial charge in [0.25, 0.3) is 0 Å². The third-order valence-electron chi connectivity index (χ3n) is 4.50. The maximum Gasteiger partial charge on any atom is 0.354 e. The van der Waals surface area contributed by atoms with Gasteiger partial charge in [-0.15, -0.1) is 0 Å². The van der Waals surface area contributed by atoms with Gasteiger partial charge in [0, 0.05) is 29.0 Å². The summed E-state index contributed by atoms with van der Waals surface area (Å²) in [6.07, 6.45) is 2.82. The van der Waals surface area contributed by atoms with E-state index in [9.17, 15) is 4.79 Å². The van der Waals surface area contributed by atoms with Gasteiger partial charge < -0.3 is 16.0 Å². The van der Waals surface area contributed by atoms with Crippen LogP contribution in [0.1, 0.15) is 12.0 Å². The smallest absolute Gasteiger partial charge is 0.339 e. The van der Waals surface area contributed by atoms with Crippen LogP contribution in [0, 0.1) is 0 Å². The van der Waals surface area contributed by atoms with Crippen LogP contribution in [-0.2, 0) is 6.54 Å². The summed E-state index contributed by atoms with van der Waals surface area (Å²) >= 11 is 0.